The van der Waals surface area contributed by atoms with Crippen LogP contribution in [0.2, 0.25) is 0 Å². The quantitative estimate of drug-likeness (QED) is 0.653. The second-order valence-corrected chi connectivity index (χ2v) is 2.73. The van der Waals surface area contributed by atoms with E-state index < -0.39 is 17.3 Å². The molecule has 0 amide bonds. The predicted octanol–water partition coefficient (Wildman–Crippen LogP) is -0.402. The number of carboxylic acid groups (broad SMARTS) is 1. The summed E-state index contributed by atoms with van der Waals surface area (Å²) in [5.74, 6) is -1.47. The van der Waals surface area contributed by atoms with Crippen LogP contribution >= 0.6 is 0 Å². The lowest BCUT2D eigenvalue weighted by Gasteiger charge is -2.20. The maximum absolute atomic E-state index is 11.1. The first-order valence-corrected chi connectivity index (χ1v) is 3.60. The van der Waals surface area contributed by atoms with Crippen molar-refractivity contribution in [2.45, 2.75) is 12.6 Å². The molecule has 1 aromatic rings. The van der Waals surface area contributed by atoms with Crippen LogP contribution in [-0.4, -0.2) is 20.7 Å². The normalized spacial score (nSPS) is 14.9. The first kappa shape index (κ1) is 9.47. The Kier molecular flexibility index (Phi) is 2.20. The SMILES string of the molecule is CC(O)(C(=O)O)n1ccccc1=O. The molecule has 0 aromatic carbocycles. The first-order valence-electron chi connectivity index (χ1n) is 3.60. The highest BCUT2D eigenvalue weighted by molar-refractivity contribution is 5.74. The van der Waals surface area contributed by atoms with Crippen molar-refractivity contribution >= 4 is 5.97 Å². The minimum atomic E-state index is -2.20. The lowest BCUT2D eigenvalue weighted by atomic mass is 10.2. The van der Waals surface area contributed by atoms with Gasteiger partial charge in [-0.25, -0.2) is 4.79 Å². The number of aliphatic carboxylic acids is 1. The Morgan fingerprint density at radius 2 is 2.15 bits per heavy atom. The minimum absolute atomic E-state index is 0.560. The Morgan fingerprint density at radius 3 is 2.62 bits per heavy atom. The monoisotopic (exact) mass is 183 g/mol. The molecule has 0 fully saturated rings. The molecule has 1 atom stereocenters. The molecular formula is C8H9NO4. The van der Waals surface area contributed by atoms with E-state index in [9.17, 15) is 14.7 Å². The fraction of sp³-hybridized carbons (Fsp3) is 0.250. The summed E-state index contributed by atoms with van der Waals surface area (Å²) in [5, 5.41) is 18.0. The van der Waals surface area contributed by atoms with Gasteiger partial charge in [0.2, 0.25) is 5.72 Å². The van der Waals surface area contributed by atoms with E-state index in [0.29, 0.717) is 0 Å². The number of rotatable bonds is 2. The number of aliphatic hydroxyl groups is 1. The van der Waals surface area contributed by atoms with Gasteiger partial charge >= 0.3 is 5.97 Å². The van der Waals surface area contributed by atoms with Crippen molar-refractivity contribution in [3.63, 3.8) is 0 Å². The van der Waals surface area contributed by atoms with Crippen LogP contribution in [0, 0.1) is 0 Å². The number of aromatic nitrogens is 1. The van der Waals surface area contributed by atoms with Gasteiger partial charge in [-0.05, 0) is 13.0 Å². The van der Waals surface area contributed by atoms with Crippen LogP contribution in [-0.2, 0) is 10.5 Å². The van der Waals surface area contributed by atoms with Gasteiger partial charge in [-0.3, -0.25) is 9.36 Å². The zero-order valence-corrected chi connectivity index (χ0v) is 6.97. The summed E-state index contributed by atoms with van der Waals surface area (Å²) < 4.78 is 0.745. The van der Waals surface area contributed by atoms with E-state index in [1.54, 1.807) is 0 Å². The molecule has 1 aromatic heterocycles. The summed E-state index contributed by atoms with van der Waals surface area (Å²) in [6.07, 6.45) is 1.22. The Labute approximate surface area is 73.9 Å². The van der Waals surface area contributed by atoms with E-state index in [1.165, 1.54) is 24.4 Å². The summed E-state index contributed by atoms with van der Waals surface area (Å²) in [4.78, 5) is 21.7. The molecule has 0 aliphatic heterocycles. The molecular weight excluding hydrogens is 174 g/mol. The Bertz CT molecular complexity index is 380. The van der Waals surface area contributed by atoms with E-state index in [-0.39, 0.29) is 0 Å². The lowest BCUT2D eigenvalue weighted by Crippen LogP contribution is -2.44. The van der Waals surface area contributed by atoms with Crippen LogP contribution in [0.25, 0.3) is 0 Å². The van der Waals surface area contributed by atoms with Crippen LogP contribution in [0.3, 0.4) is 0 Å². The molecule has 1 rings (SSSR count). The van der Waals surface area contributed by atoms with E-state index in [0.717, 1.165) is 11.5 Å². The molecule has 0 saturated carbocycles. The summed E-state index contributed by atoms with van der Waals surface area (Å²) >= 11 is 0. The molecule has 0 saturated heterocycles. The molecule has 2 N–H and O–H groups in total. The topological polar surface area (TPSA) is 79.5 Å². The fourth-order valence-corrected chi connectivity index (χ4v) is 0.890. The van der Waals surface area contributed by atoms with E-state index in [4.69, 9.17) is 5.11 Å². The summed E-state index contributed by atoms with van der Waals surface area (Å²) in [7, 11) is 0. The van der Waals surface area contributed by atoms with Crippen LogP contribution in [0.15, 0.2) is 29.2 Å². The standard InChI is InChI=1S/C8H9NO4/c1-8(13,7(11)12)9-5-3-2-4-6(9)10/h2-5,13H,1H3,(H,11,12). The second-order valence-electron chi connectivity index (χ2n) is 2.73. The van der Waals surface area contributed by atoms with Crippen molar-refractivity contribution in [1.82, 2.24) is 4.57 Å². The van der Waals surface area contributed by atoms with Crippen molar-refractivity contribution in [1.29, 1.82) is 0 Å². The number of hydrogen-bond acceptors (Lipinski definition) is 3. The molecule has 1 heterocycles. The average Bonchev–Trinajstić information content (AvgIpc) is 2.04. The Hall–Kier alpha value is -1.62. The van der Waals surface area contributed by atoms with E-state index in [2.05, 4.69) is 0 Å². The van der Waals surface area contributed by atoms with Gasteiger partial charge in [-0.1, -0.05) is 6.07 Å². The number of hydrogen-bond donors (Lipinski definition) is 2. The first-order chi connectivity index (χ1) is 5.96. The highest BCUT2D eigenvalue weighted by Crippen LogP contribution is 2.07. The van der Waals surface area contributed by atoms with Crippen LogP contribution in [0.1, 0.15) is 6.92 Å². The van der Waals surface area contributed by atoms with Gasteiger partial charge in [0.25, 0.3) is 5.56 Å². The average molecular weight is 183 g/mol. The minimum Gasteiger partial charge on any atom is -0.478 e. The molecule has 5 nitrogen and oxygen atoms in total. The predicted molar refractivity (Wildman–Crippen MR) is 44.2 cm³/mol. The zero-order chi connectivity index (χ0) is 10.1. The molecule has 0 aliphatic rings. The molecule has 0 aliphatic carbocycles. The maximum Gasteiger partial charge on any atom is 0.357 e. The molecule has 1 unspecified atom stereocenters. The second kappa shape index (κ2) is 3.02. The van der Waals surface area contributed by atoms with Gasteiger partial charge in [-0.2, -0.15) is 0 Å². The van der Waals surface area contributed by atoms with Crippen molar-refractivity contribution in [3.05, 3.63) is 34.7 Å². The van der Waals surface area contributed by atoms with Crippen molar-refractivity contribution in [2.75, 3.05) is 0 Å². The number of pyridine rings is 1. The number of carboxylic acids is 1. The molecule has 0 spiro atoms. The van der Waals surface area contributed by atoms with Crippen molar-refractivity contribution in [3.8, 4) is 0 Å². The number of nitrogens with zero attached hydrogens (tertiary/aromatic N) is 1. The van der Waals surface area contributed by atoms with Gasteiger partial charge in [0.1, 0.15) is 0 Å². The van der Waals surface area contributed by atoms with Gasteiger partial charge in [0.15, 0.2) is 0 Å². The lowest BCUT2D eigenvalue weighted by molar-refractivity contribution is -0.167. The number of carbonyl (C=O) groups is 1. The van der Waals surface area contributed by atoms with Crippen LogP contribution < -0.4 is 5.56 Å². The van der Waals surface area contributed by atoms with E-state index >= 15 is 0 Å². The fourth-order valence-electron chi connectivity index (χ4n) is 0.890. The largest absolute Gasteiger partial charge is 0.478 e. The van der Waals surface area contributed by atoms with Crippen LogP contribution in [0.4, 0.5) is 0 Å². The van der Waals surface area contributed by atoms with Gasteiger partial charge in [-0.15, -0.1) is 0 Å². The summed E-state index contributed by atoms with van der Waals surface area (Å²) in [6, 6.07) is 4.12. The van der Waals surface area contributed by atoms with E-state index in [1.807, 2.05) is 0 Å². The maximum atomic E-state index is 11.1. The molecule has 5 heteroatoms. The van der Waals surface area contributed by atoms with Crippen LogP contribution in [0.5, 0.6) is 0 Å². The highest BCUT2D eigenvalue weighted by Gasteiger charge is 2.32. The third kappa shape index (κ3) is 1.59. The molecule has 0 radical (unpaired) electrons. The Morgan fingerprint density at radius 1 is 1.54 bits per heavy atom. The summed E-state index contributed by atoms with van der Waals surface area (Å²) in [6.45, 7) is 1.04. The smallest absolute Gasteiger partial charge is 0.357 e. The van der Waals surface area contributed by atoms with Gasteiger partial charge in [0, 0.05) is 12.3 Å². The molecule has 13 heavy (non-hydrogen) atoms. The molecule has 70 valence electrons. The van der Waals surface area contributed by atoms with Gasteiger partial charge in [0.05, 0.1) is 0 Å². The highest BCUT2D eigenvalue weighted by atomic mass is 16.4. The van der Waals surface area contributed by atoms with Crippen molar-refractivity contribution in [2.24, 2.45) is 0 Å². The third-order valence-electron chi connectivity index (χ3n) is 1.70. The third-order valence-corrected chi connectivity index (χ3v) is 1.70. The van der Waals surface area contributed by atoms with Gasteiger partial charge < -0.3 is 10.2 Å². The Balaban J connectivity index is 3.30. The molecule has 0 bridgehead atoms. The van der Waals surface area contributed by atoms with Crippen molar-refractivity contribution < 1.29 is 15.0 Å². The zero-order valence-electron chi connectivity index (χ0n) is 6.97. The summed E-state index contributed by atoms with van der Waals surface area (Å²) in [5.41, 5.74) is -2.76.